The third kappa shape index (κ3) is 21.6. The zero-order chi connectivity index (χ0) is 29.3. The second kappa shape index (κ2) is 24.5. The molecule has 0 fully saturated rings. The number of carbonyl (C=O) groups excluding carboxylic acids is 1. The molecule has 1 heterocycles. The molecular formula is C30H59N4O4S2+. The Morgan fingerprint density at radius 2 is 1.45 bits per heavy atom. The van der Waals surface area contributed by atoms with E-state index in [1.54, 1.807) is 7.11 Å². The monoisotopic (exact) mass is 603 g/mol. The molecule has 0 aliphatic carbocycles. The topological polar surface area (TPSA) is 93.3 Å². The Hall–Kier alpha value is -1.10. The summed E-state index contributed by atoms with van der Waals surface area (Å²) in [6.07, 6.45) is 27.3. The molecule has 234 valence electrons. The molecule has 0 aliphatic heterocycles. The average Bonchev–Trinajstić information content (AvgIpc) is 3.35. The minimum absolute atomic E-state index is 0.0538. The molecule has 1 unspecified atom stereocenters. The molecule has 40 heavy (non-hydrogen) atoms. The summed E-state index contributed by atoms with van der Waals surface area (Å²) in [5.41, 5.74) is 0. The molecule has 0 aromatic carbocycles. The van der Waals surface area contributed by atoms with Crippen molar-refractivity contribution in [1.29, 1.82) is 0 Å². The summed E-state index contributed by atoms with van der Waals surface area (Å²) in [5, 5.41) is 2.88. The van der Waals surface area contributed by atoms with Gasteiger partial charge in [0, 0.05) is 32.4 Å². The molecule has 10 heteroatoms. The Balaban J connectivity index is 1.93. The van der Waals surface area contributed by atoms with Gasteiger partial charge in [-0.1, -0.05) is 115 Å². The fraction of sp³-hybridized carbons (Fsp3) is 0.867. The van der Waals surface area contributed by atoms with E-state index in [1.807, 2.05) is 34.9 Å². The van der Waals surface area contributed by atoms with Gasteiger partial charge in [0.2, 0.25) is 16.4 Å². The van der Waals surface area contributed by atoms with E-state index in [4.69, 9.17) is 4.74 Å². The number of unbranched alkanes of at least 4 members (excludes halogenated alkanes) is 15. The summed E-state index contributed by atoms with van der Waals surface area (Å²) in [6, 6.07) is 0. The van der Waals surface area contributed by atoms with Gasteiger partial charge in [-0.3, -0.25) is 4.79 Å². The molecule has 0 bridgehead atoms. The lowest BCUT2D eigenvalue weighted by atomic mass is 10.0. The fourth-order valence-electron chi connectivity index (χ4n) is 4.66. The van der Waals surface area contributed by atoms with Crippen LogP contribution >= 0.6 is 11.8 Å². The SMILES string of the molecule is CCCCCCCCCCCCCCCCCCNC(=O)SCC(CNS(=O)(=O)CCCn1cc[n+](C)c1)OC. The quantitative estimate of drug-likeness (QED) is 0.0904. The lowest BCUT2D eigenvalue weighted by Crippen LogP contribution is -2.36. The number of rotatable bonds is 27. The van der Waals surface area contributed by atoms with Crippen molar-refractivity contribution < 1.29 is 22.5 Å². The number of ether oxygens (including phenoxy) is 1. The molecule has 1 atom stereocenters. The fourth-order valence-corrected chi connectivity index (χ4v) is 6.55. The molecule has 0 saturated heterocycles. The first kappa shape index (κ1) is 36.9. The van der Waals surface area contributed by atoms with Gasteiger partial charge in [0.15, 0.2) is 0 Å². The molecule has 1 amide bonds. The zero-order valence-electron chi connectivity index (χ0n) is 25.7. The van der Waals surface area contributed by atoms with E-state index in [2.05, 4.69) is 17.0 Å². The zero-order valence-corrected chi connectivity index (χ0v) is 27.3. The van der Waals surface area contributed by atoms with Crippen molar-refractivity contribution >= 4 is 27.0 Å². The van der Waals surface area contributed by atoms with Crippen LogP contribution < -0.4 is 14.6 Å². The largest absolute Gasteiger partial charge is 0.379 e. The van der Waals surface area contributed by atoms with Crippen molar-refractivity contribution in [2.45, 2.75) is 129 Å². The first-order valence-corrected chi connectivity index (χ1v) is 18.4. The Morgan fingerprint density at radius 3 is 1.95 bits per heavy atom. The van der Waals surface area contributed by atoms with Crippen LogP contribution in [-0.2, 0) is 28.4 Å². The number of sulfonamides is 1. The summed E-state index contributed by atoms with van der Waals surface area (Å²) in [6.45, 7) is 3.77. The van der Waals surface area contributed by atoms with Gasteiger partial charge in [0.1, 0.15) is 12.4 Å². The Morgan fingerprint density at radius 1 is 0.900 bits per heavy atom. The number of amides is 1. The van der Waals surface area contributed by atoms with Gasteiger partial charge in [-0.05, 0) is 6.42 Å². The van der Waals surface area contributed by atoms with E-state index in [0.717, 1.165) is 24.6 Å². The third-order valence-electron chi connectivity index (χ3n) is 7.22. The summed E-state index contributed by atoms with van der Waals surface area (Å²) in [4.78, 5) is 12.2. The minimum atomic E-state index is -3.39. The van der Waals surface area contributed by atoms with Gasteiger partial charge in [0.05, 0.1) is 25.4 Å². The van der Waals surface area contributed by atoms with Crippen LogP contribution in [0.4, 0.5) is 4.79 Å². The van der Waals surface area contributed by atoms with Crippen LogP contribution in [-0.4, -0.2) is 56.0 Å². The molecule has 0 aliphatic rings. The number of nitrogens with one attached hydrogen (secondary N) is 2. The number of aromatic nitrogens is 2. The van der Waals surface area contributed by atoms with Crippen molar-refractivity contribution in [3.8, 4) is 0 Å². The molecule has 1 aromatic heterocycles. The van der Waals surface area contributed by atoms with Crippen molar-refractivity contribution in [2.24, 2.45) is 7.05 Å². The van der Waals surface area contributed by atoms with Crippen LogP contribution in [0, 0.1) is 0 Å². The van der Waals surface area contributed by atoms with Crippen LogP contribution in [0.2, 0.25) is 0 Å². The molecular weight excluding hydrogens is 544 g/mol. The molecule has 1 rings (SSSR count). The molecule has 8 nitrogen and oxygen atoms in total. The summed E-state index contributed by atoms with van der Waals surface area (Å²) in [7, 11) is 0.0836. The highest BCUT2D eigenvalue weighted by molar-refractivity contribution is 8.13. The van der Waals surface area contributed by atoms with E-state index in [9.17, 15) is 13.2 Å². The van der Waals surface area contributed by atoms with E-state index in [1.165, 1.54) is 89.9 Å². The maximum Gasteiger partial charge on any atom is 0.279 e. The van der Waals surface area contributed by atoms with Gasteiger partial charge < -0.3 is 10.1 Å². The first-order chi connectivity index (χ1) is 19.4. The number of imidazole rings is 1. The summed E-state index contributed by atoms with van der Waals surface area (Å²) < 4.78 is 36.5. The Labute approximate surface area is 249 Å². The normalized spacial score (nSPS) is 12.6. The standard InChI is InChI=1S/C30H58N4O4S2/c1-4-5-6-7-8-9-10-11-12-13-14-15-16-17-18-19-21-31-30(35)39-27-29(38-3)26-32-40(36,37)25-20-22-34-24-23-33(2)28-34/h23-24,28-29,32H,4-22,25-27H2,1-3H3/p+1. The number of methoxy groups -OCH3 is 1. The number of hydrogen-bond donors (Lipinski definition) is 2. The van der Waals surface area contributed by atoms with E-state index >= 15 is 0 Å². The van der Waals surface area contributed by atoms with Gasteiger partial charge in [0.25, 0.3) is 5.24 Å². The smallest absolute Gasteiger partial charge is 0.279 e. The van der Waals surface area contributed by atoms with Crippen molar-refractivity contribution in [1.82, 2.24) is 14.6 Å². The first-order valence-electron chi connectivity index (χ1n) is 15.8. The van der Waals surface area contributed by atoms with Crippen LogP contribution in [0.5, 0.6) is 0 Å². The second-order valence-corrected chi connectivity index (χ2v) is 13.9. The van der Waals surface area contributed by atoms with E-state index in [-0.39, 0.29) is 23.6 Å². The van der Waals surface area contributed by atoms with Gasteiger partial charge in [-0.15, -0.1) is 0 Å². The highest BCUT2D eigenvalue weighted by Gasteiger charge is 2.16. The van der Waals surface area contributed by atoms with Gasteiger partial charge in [-0.25, -0.2) is 22.3 Å². The average molecular weight is 604 g/mol. The van der Waals surface area contributed by atoms with Crippen LogP contribution in [0.1, 0.15) is 116 Å². The third-order valence-corrected chi connectivity index (χ3v) is 9.59. The van der Waals surface area contributed by atoms with Crippen LogP contribution in [0.25, 0.3) is 0 Å². The highest BCUT2D eigenvalue weighted by Crippen LogP contribution is 2.14. The van der Waals surface area contributed by atoms with Crippen molar-refractivity contribution in [3.05, 3.63) is 18.7 Å². The van der Waals surface area contributed by atoms with E-state index in [0.29, 0.717) is 25.3 Å². The number of carbonyl (C=O) groups is 1. The van der Waals surface area contributed by atoms with Crippen LogP contribution in [0.15, 0.2) is 18.7 Å². The minimum Gasteiger partial charge on any atom is -0.379 e. The number of hydrogen-bond acceptors (Lipinski definition) is 5. The number of nitrogens with zero attached hydrogens (tertiary/aromatic N) is 2. The molecule has 0 spiro atoms. The maximum atomic E-state index is 12.3. The predicted molar refractivity (Wildman–Crippen MR) is 168 cm³/mol. The summed E-state index contributed by atoms with van der Waals surface area (Å²) >= 11 is 1.15. The molecule has 2 N–H and O–H groups in total. The summed E-state index contributed by atoms with van der Waals surface area (Å²) in [5.74, 6) is 0.460. The van der Waals surface area contributed by atoms with Crippen LogP contribution in [0.3, 0.4) is 0 Å². The Bertz CT molecular complexity index is 849. The number of thioether (sulfide) groups is 1. The molecule has 0 radical (unpaired) electrons. The molecule has 0 saturated carbocycles. The van der Waals surface area contributed by atoms with Crippen molar-refractivity contribution in [2.75, 3.05) is 31.7 Å². The van der Waals surface area contributed by atoms with Gasteiger partial charge in [-0.2, -0.15) is 0 Å². The second-order valence-electron chi connectivity index (χ2n) is 11.0. The number of aryl methyl sites for hydroxylation is 2. The maximum absolute atomic E-state index is 12.3. The lowest BCUT2D eigenvalue weighted by Gasteiger charge is -2.15. The predicted octanol–water partition coefficient (Wildman–Crippen LogP) is 6.34. The van der Waals surface area contributed by atoms with Gasteiger partial charge >= 0.3 is 0 Å². The van der Waals surface area contributed by atoms with Crippen molar-refractivity contribution in [3.63, 3.8) is 0 Å². The lowest BCUT2D eigenvalue weighted by molar-refractivity contribution is -0.671. The highest BCUT2D eigenvalue weighted by atomic mass is 32.2. The molecule has 1 aromatic rings. The van der Waals surface area contributed by atoms with E-state index < -0.39 is 10.0 Å². The Kier molecular flexibility index (Phi) is 22.6.